The van der Waals surface area contributed by atoms with E-state index in [0.717, 1.165) is 0 Å². The third-order valence-corrected chi connectivity index (χ3v) is 7.31. The van der Waals surface area contributed by atoms with Gasteiger partial charge in [0.05, 0.1) is 23.1 Å². The number of carbonyl (C=O) groups is 2. The molecule has 11 heteroatoms. The van der Waals surface area contributed by atoms with Crippen LogP contribution in [0.2, 0.25) is 0 Å². The number of nitrogens with zero attached hydrogens (tertiary/aromatic N) is 2. The molecule has 2 aromatic rings. The van der Waals surface area contributed by atoms with Gasteiger partial charge in [-0.2, -0.15) is 5.26 Å². The van der Waals surface area contributed by atoms with Crippen LogP contribution in [0.4, 0.5) is 4.79 Å². The minimum atomic E-state index is -3.92. The lowest BCUT2D eigenvalue weighted by Crippen LogP contribution is -2.57. The summed E-state index contributed by atoms with van der Waals surface area (Å²) < 4.78 is 37.6. The molecule has 0 aromatic heterocycles. The number of hydrogen-bond donors (Lipinski definition) is 2. The monoisotopic (exact) mass is 514 g/mol. The van der Waals surface area contributed by atoms with Crippen molar-refractivity contribution >= 4 is 21.8 Å². The van der Waals surface area contributed by atoms with Gasteiger partial charge in [-0.25, -0.2) is 13.2 Å². The minimum absolute atomic E-state index is 0.00187. The normalized spacial score (nSPS) is 16.1. The average Bonchev–Trinajstić information content (AvgIpc) is 2.85. The van der Waals surface area contributed by atoms with Gasteiger partial charge in [0.1, 0.15) is 18.0 Å². The first-order chi connectivity index (χ1) is 17.0. The molecule has 2 aromatic carbocycles. The summed E-state index contributed by atoms with van der Waals surface area (Å²) in [5.41, 5.74) is 0.00720. The number of nitrogens with one attached hydrogen (secondary N) is 2. The van der Waals surface area contributed by atoms with Gasteiger partial charge in [0.15, 0.2) is 5.37 Å². The maximum atomic E-state index is 13.3. The molecule has 1 unspecified atom stereocenters. The van der Waals surface area contributed by atoms with Gasteiger partial charge in [-0.05, 0) is 63.2 Å². The first kappa shape index (κ1) is 27.0. The van der Waals surface area contributed by atoms with Crippen LogP contribution < -0.4 is 15.4 Å². The standard InChI is InChI=1S/C25H30N4O6S/c1-25(2,3)35-24(31)29-13-11-27-17-22(29)36(32,33)21-9-7-19(8-10-21)23(30)28-12-14-34-20-6-4-5-18(15-20)16-26/h4-10,15,22,27H,11-14,17H2,1-3H3,(H,28,30). The zero-order valence-corrected chi connectivity index (χ0v) is 21.3. The van der Waals surface area contributed by atoms with Gasteiger partial charge in [-0.1, -0.05) is 6.07 Å². The predicted octanol–water partition coefficient (Wildman–Crippen LogP) is 2.31. The smallest absolute Gasteiger partial charge is 0.411 e. The van der Waals surface area contributed by atoms with Gasteiger partial charge in [-0.3, -0.25) is 9.69 Å². The van der Waals surface area contributed by atoms with E-state index in [1.54, 1.807) is 45.0 Å². The van der Waals surface area contributed by atoms with Crippen LogP contribution in [-0.4, -0.2) is 69.1 Å². The first-order valence-corrected chi connectivity index (χ1v) is 13.0. The van der Waals surface area contributed by atoms with E-state index in [9.17, 15) is 18.0 Å². The SMILES string of the molecule is CC(C)(C)OC(=O)N1CCNCC1S(=O)(=O)c1ccc(C(=O)NCCOc2cccc(C#N)c2)cc1. The van der Waals surface area contributed by atoms with Crippen LogP contribution in [0.3, 0.4) is 0 Å². The highest BCUT2D eigenvalue weighted by Gasteiger charge is 2.39. The van der Waals surface area contributed by atoms with Crippen molar-refractivity contribution in [1.29, 1.82) is 5.26 Å². The zero-order valence-electron chi connectivity index (χ0n) is 20.5. The van der Waals surface area contributed by atoms with E-state index >= 15 is 0 Å². The fourth-order valence-corrected chi connectivity index (χ4v) is 5.22. The molecule has 1 heterocycles. The Labute approximate surface area is 211 Å². The molecule has 1 fully saturated rings. The van der Waals surface area contributed by atoms with Crippen LogP contribution in [0.5, 0.6) is 5.75 Å². The lowest BCUT2D eigenvalue weighted by molar-refractivity contribution is 0.0193. The number of ether oxygens (including phenoxy) is 2. The maximum Gasteiger partial charge on any atom is 0.411 e. The molecule has 3 rings (SSSR count). The van der Waals surface area contributed by atoms with E-state index in [0.29, 0.717) is 17.9 Å². The molecule has 0 bridgehead atoms. The highest BCUT2D eigenvalue weighted by atomic mass is 32.2. The molecular weight excluding hydrogens is 484 g/mol. The summed E-state index contributed by atoms with van der Waals surface area (Å²) in [5.74, 6) is 0.138. The molecule has 0 radical (unpaired) electrons. The van der Waals surface area contributed by atoms with Crippen LogP contribution in [0, 0.1) is 11.3 Å². The number of nitriles is 1. The fraction of sp³-hybridized carbons (Fsp3) is 0.400. The van der Waals surface area contributed by atoms with Gasteiger partial charge in [0.25, 0.3) is 5.91 Å². The summed E-state index contributed by atoms with van der Waals surface area (Å²) in [6, 6.07) is 14.3. The quantitative estimate of drug-likeness (QED) is 0.537. The molecule has 1 aliphatic rings. The van der Waals surface area contributed by atoms with E-state index in [4.69, 9.17) is 14.7 Å². The molecular formula is C25H30N4O6S. The van der Waals surface area contributed by atoms with Gasteiger partial charge in [-0.15, -0.1) is 0 Å². The topological polar surface area (TPSA) is 138 Å². The van der Waals surface area contributed by atoms with Crippen molar-refractivity contribution in [2.75, 3.05) is 32.8 Å². The Morgan fingerprint density at radius 1 is 1.19 bits per heavy atom. The Morgan fingerprint density at radius 3 is 2.58 bits per heavy atom. The fourth-order valence-electron chi connectivity index (χ4n) is 3.53. The number of carbonyl (C=O) groups excluding carboxylic acids is 2. The molecule has 1 atom stereocenters. The van der Waals surface area contributed by atoms with E-state index in [1.165, 1.54) is 29.2 Å². The van der Waals surface area contributed by atoms with E-state index in [-0.39, 0.29) is 42.6 Å². The number of hydrogen-bond acceptors (Lipinski definition) is 8. The molecule has 0 saturated carbocycles. The number of sulfone groups is 1. The van der Waals surface area contributed by atoms with Crippen LogP contribution in [0.15, 0.2) is 53.4 Å². The molecule has 2 N–H and O–H groups in total. The number of benzene rings is 2. The summed E-state index contributed by atoms with van der Waals surface area (Å²) >= 11 is 0. The van der Waals surface area contributed by atoms with Crippen LogP contribution in [0.1, 0.15) is 36.7 Å². The predicted molar refractivity (Wildman–Crippen MR) is 132 cm³/mol. The third-order valence-electron chi connectivity index (χ3n) is 5.25. The summed E-state index contributed by atoms with van der Waals surface area (Å²) in [7, 11) is -3.92. The molecule has 0 spiro atoms. The lowest BCUT2D eigenvalue weighted by atomic mass is 10.2. The molecule has 1 saturated heterocycles. The molecule has 0 aliphatic carbocycles. The second kappa shape index (κ2) is 11.4. The Hall–Kier alpha value is -3.62. The Balaban J connectivity index is 1.61. The second-order valence-electron chi connectivity index (χ2n) is 9.15. The third kappa shape index (κ3) is 6.96. The van der Waals surface area contributed by atoms with Crippen molar-refractivity contribution in [1.82, 2.24) is 15.5 Å². The minimum Gasteiger partial charge on any atom is -0.492 e. The van der Waals surface area contributed by atoms with Crippen LogP contribution >= 0.6 is 0 Å². The number of piperazine rings is 1. The van der Waals surface area contributed by atoms with Gasteiger partial charge in [0.2, 0.25) is 9.84 Å². The molecule has 36 heavy (non-hydrogen) atoms. The summed E-state index contributed by atoms with van der Waals surface area (Å²) in [5, 5.41) is 13.5. The van der Waals surface area contributed by atoms with Crippen molar-refractivity contribution in [3.05, 3.63) is 59.7 Å². The van der Waals surface area contributed by atoms with Crippen molar-refractivity contribution in [2.45, 2.75) is 36.6 Å². The summed E-state index contributed by atoms with van der Waals surface area (Å²) in [6.07, 6.45) is -0.685. The summed E-state index contributed by atoms with van der Waals surface area (Å²) in [6.45, 7) is 6.30. The Morgan fingerprint density at radius 2 is 1.92 bits per heavy atom. The summed E-state index contributed by atoms with van der Waals surface area (Å²) in [4.78, 5) is 26.3. The van der Waals surface area contributed by atoms with Crippen LogP contribution in [0.25, 0.3) is 0 Å². The zero-order chi connectivity index (χ0) is 26.3. The highest BCUT2D eigenvalue weighted by Crippen LogP contribution is 2.23. The van der Waals surface area contributed by atoms with Gasteiger partial charge >= 0.3 is 6.09 Å². The first-order valence-electron chi connectivity index (χ1n) is 11.5. The van der Waals surface area contributed by atoms with Crippen molar-refractivity contribution in [3.8, 4) is 11.8 Å². The van der Waals surface area contributed by atoms with Gasteiger partial charge < -0.3 is 20.1 Å². The van der Waals surface area contributed by atoms with Crippen molar-refractivity contribution in [2.24, 2.45) is 0 Å². The molecule has 1 aliphatic heterocycles. The Kier molecular flexibility index (Phi) is 8.55. The van der Waals surface area contributed by atoms with Gasteiger partial charge in [0, 0.05) is 25.2 Å². The number of amides is 2. The van der Waals surface area contributed by atoms with Crippen LogP contribution in [-0.2, 0) is 14.6 Å². The average molecular weight is 515 g/mol. The molecule has 2 amide bonds. The Bertz CT molecular complexity index is 1230. The van der Waals surface area contributed by atoms with E-state index in [1.807, 2.05) is 6.07 Å². The highest BCUT2D eigenvalue weighted by molar-refractivity contribution is 7.92. The molecule has 192 valence electrons. The maximum absolute atomic E-state index is 13.3. The largest absolute Gasteiger partial charge is 0.492 e. The van der Waals surface area contributed by atoms with E-state index < -0.39 is 26.9 Å². The van der Waals surface area contributed by atoms with Crippen molar-refractivity contribution < 1.29 is 27.5 Å². The van der Waals surface area contributed by atoms with E-state index in [2.05, 4.69) is 10.6 Å². The second-order valence-corrected chi connectivity index (χ2v) is 11.3. The molecule has 10 nitrogen and oxygen atoms in total. The number of rotatable bonds is 7. The van der Waals surface area contributed by atoms with Crippen molar-refractivity contribution in [3.63, 3.8) is 0 Å². The lowest BCUT2D eigenvalue weighted by Gasteiger charge is -2.36.